The Morgan fingerprint density at radius 2 is 1.97 bits per heavy atom. The van der Waals surface area contributed by atoms with Crippen LogP contribution in [0.25, 0.3) is 11.1 Å². The minimum absolute atomic E-state index is 0.0981. The topological polar surface area (TPSA) is 76.0 Å². The number of anilines is 2. The second-order valence-electron chi connectivity index (χ2n) is 6.65. The van der Waals surface area contributed by atoms with Crippen LogP contribution >= 0.6 is 23.2 Å². The van der Waals surface area contributed by atoms with E-state index in [-0.39, 0.29) is 17.4 Å². The SMILES string of the molecule is Cc1nn2c(c1-c1ccc(Cl)cc1)NC(=O)C2CC(=O)Nc1ccc(F)c(Cl)c1. The maximum atomic E-state index is 13.3. The summed E-state index contributed by atoms with van der Waals surface area (Å²) in [6.45, 7) is 1.83. The number of carbonyl (C=O) groups excluding carboxylic acids is 2. The molecule has 2 N–H and O–H groups in total. The highest BCUT2D eigenvalue weighted by Gasteiger charge is 2.36. The van der Waals surface area contributed by atoms with Gasteiger partial charge in [-0.2, -0.15) is 5.10 Å². The molecule has 0 bridgehead atoms. The van der Waals surface area contributed by atoms with Crippen molar-refractivity contribution in [2.75, 3.05) is 10.6 Å². The fourth-order valence-corrected chi connectivity index (χ4v) is 3.61. The number of fused-ring (bicyclic) bond motifs is 1. The molecule has 2 amide bonds. The molecule has 1 aliphatic heterocycles. The molecule has 0 aliphatic carbocycles. The average molecular weight is 433 g/mol. The molecule has 1 aliphatic rings. The Kier molecular flexibility index (Phi) is 5.02. The third-order valence-electron chi connectivity index (χ3n) is 4.64. The van der Waals surface area contributed by atoms with Crippen LogP contribution in [0.15, 0.2) is 42.5 Å². The molecule has 9 heteroatoms. The van der Waals surface area contributed by atoms with Gasteiger partial charge in [-0.05, 0) is 42.8 Å². The number of benzene rings is 2. The summed E-state index contributed by atoms with van der Waals surface area (Å²) in [6, 6.07) is 10.3. The van der Waals surface area contributed by atoms with E-state index in [0.717, 1.165) is 22.9 Å². The lowest BCUT2D eigenvalue weighted by Gasteiger charge is -2.10. The lowest BCUT2D eigenvalue weighted by molar-refractivity contribution is -0.123. The van der Waals surface area contributed by atoms with E-state index in [1.54, 1.807) is 12.1 Å². The van der Waals surface area contributed by atoms with E-state index in [1.165, 1.54) is 16.8 Å². The summed E-state index contributed by atoms with van der Waals surface area (Å²) in [4.78, 5) is 24.9. The number of halogens is 3. The Hall–Kier alpha value is -2.90. The lowest BCUT2D eigenvalue weighted by Crippen LogP contribution is -2.23. The number of carbonyl (C=O) groups is 2. The number of aryl methyl sites for hydroxylation is 1. The van der Waals surface area contributed by atoms with Crippen LogP contribution in [0.5, 0.6) is 0 Å². The van der Waals surface area contributed by atoms with Crippen LogP contribution in [-0.2, 0) is 9.59 Å². The summed E-state index contributed by atoms with van der Waals surface area (Å²) >= 11 is 11.7. The fraction of sp³-hybridized carbons (Fsp3) is 0.150. The Morgan fingerprint density at radius 1 is 1.24 bits per heavy atom. The number of aromatic nitrogens is 2. The Bertz CT molecular complexity index is 1130. The standard InChI is InChI=1S/C20H15Cl2FN4O2/c1-10-18(11-2-4-12(21)5-3-11)19-25-20(29)16(27(19)26-10)9-17(28)24-13-6-7-15(23)14(22)8-13/h2-8,16H,9H2,1H3,(H,24,28)(H,25,29). The summed E-state index contributed by atoms with van der Waals surface area (Å²) in [7, 11) is 0. The largest absolute Gasteiger partial charge is 0.326 e. The van der Waals surface area contributed by atoms with Crippen molar-refractivity contribution in [2.24, 2.45) is 0 Å². The van der Waals surface area contributed by atoms with Gasteiger partial charge in [-0.15, -0.1) is 0 Å². The van der Waals surface area contributed by atoms with Gasteiger partial charge in [0.05, 0.1) is 17.1 Å². The normalized spacial score (nSPS) is 15.2. The van der Waals surface area contributed by atoms with Gasteiger partial charge in [-0.25, -0.2) is 9.07 Å². The zero-order valence-corrected chi connectivity index (χ0v) is 16.7. The zero-order chi connectivity index (χ0) is 20.7. The van der Waals surface area contributed by atoms with E-state index < -0.39 is 17.8 Å². The number of hydrogen-bond acceptors (Lipinski definition) is 3. The van der Waals surface area contributed by atoms with Crippen LogP contribution in [0.2, 0.25) is 10.0 Å². The van der Waals surface area contributed by atoms with E-state index >= 15 is 0 Å². The van der Waals surface area contributed by atoms with Crippen molar-refractivity contribution in [1.29, 1.82) is 0 Å². The molecule has 1 atom stereocenters. The molecule has 2 aromatic carbocycles. The van der Waals surface area contributed by atoms with Gasteiger partial charge in [-0.1, -0.05) is 35.3 Å². The molecule has 0 saturated carbocycles. The third-order valence-corrected chi connectivity index (χ3v) is 5.18. The first-order valence-corrected chi connectivity index (χ1v) is 9.50. The molecule has 29 heavy (non-hydrogen) atoms. The molecule has 6 nitrogen and oxygen atoms in total. The van der Waals surface area contributed by atoms with Gasteiger partial charge in [-0.3, -0.25) is 9.59 Å². The molecule has 3 aromatic rings. The zero-order valence-electron chi connectivity index (χ0n) is 15.2. The Balaban J connectivity index is 1.57. The molecule has 148 valence electrons. The minimum Gasteiger partial charge on any atom is -0.326 e. The smallest absolute Gasteiger partial charge is 0.251 e. The molecular weight excluding hydrogens is 418 g/mol. The molecule has 2 heterocycles. The van der Waals surface area contributed by atoms with Gasteiger partial charge in [0.15, 0.2) is 0 Å². The van der Waals surface area contributed by atoms with E-state index in [4.69, 9.17) is 23.2 Å². The van der Waals surface area contributed by atoms with Crippen LogP contribution in [0.4, 0.5) is 15.9 Å². The van der Waals surface area contributed by atoms with Crippen LogP contribution in [0, 0.1) is 12.7 Å². The summed E-state index contributed by atoms with van der Waals surface area (Å²) in [5, 5.41) is 10.4. The summed E-state index contributed by atoms with van der Waals surface area (Å²) in [5.41, 5.74) is 2.71. The first-order chi connectivity index (χ1) is 13.8. The van der Waals surface area contributed by atoms with E-state index in [1.807, 2.05) is 19.1 Å². The second-order valence-corrected chi connectivity index (χ2v) is 7.49. The Labute approximate surface area is 175 Å². The van der Waals surface area contributed by atoms with Crippen LogP contribution < -0.4 is 10.6 Å². The van der Waals surface area contributed by atoms with E-state index in [2.05, 4.69) is 15.7 Å². The van der Waals surface area contributed by atoms with Gasteiger partial charge in [0.2, 0.25) is 5.91 Å². The fourth-order valence-electron chi connectivity index (χ4n) is 3.31. The van der Waals surface area contributed by atoms with Crippen molar-refractivity contribution >= 4 is 46.5 Å². The van der Waals surface area contributed by atoms with E-state index in [0.29, 0.717) is 16.5 Å². The molecule has 1 aromatic heterocycles. The highest BCUT2D eigenvalue weighted by molar-refractivity contribution is 6.31. The number of hydrogen-bond donors (Lipinski definition) is 2. The molecule has 0 fully saturated rings. The summed E-state index contributed by atoms with van der Waals surface area (Å²) in [6.07, 6.45) is -0.130. The predicted molar refractivity (Wildman–Crippen MR) is 110 cm³/mol. The summed E-state index contributed by atoms with van der Waals surface area (Å²) in [5.74, 6) is -0.777. The highest BCUT2D eigenvalue weighted by atomic mass is 35.5. The quantitative estimate of drug-likeness (QED) is 0.619. The van der Waals surface area contributed by atoms with Gasteiger partial charge < -0.3 is 10.6 Å². The Morgan fingerprint density at radius 3 is 2.66 bits per heavy atom. The first-order valence-electron chi connectivity index (χ1n) is 8.74. The minimum atomic E-state index is -0.791. The molecule has 0 radical (unpaired) electrons. The van der Waals surface area contributed by atoms with Crippen molar-refractivity contribution in [3.05, 3.63) is 64.0 Å². The molecule has 1 unspecified atom stereocenters. The van der Waals surface area contributed by atoms with Gasteiger partial charge in [0.1, 0.15) is 17.7 Å². The average Bonchev–Trinajstić information content (AvgIpc) is 3.13. The van der Waals surface area contributed by atoms with Crippen LogP contribution in [0.3, 0.4) is 0 Å². The molecule has 4 rings (SSSR count). The molecule has 0 saturated heterocycles. The predicted octanol–water partition coefficient (Wildman–Crippen LogP) is 4.83. The van der Waals surface area contributed by atoms with Gasteiger partial charge >= 0.3 is 0 Å². The number of rotatable bonds is 4. The molecular formula is C20H15Cl2FN4O2. The summed E-state index contributed by atoms with van der Waals surface area (Å²) < 4.78 is 14.8. The lowest BCUT2D eigenvalue weighted by atomic mass is 10.1. The van der Waals surface area contributed by atoms with Crippen molar-refractivity contribution in [1.82, 2.24) is 9.78 Å². The number of amides is 2. The second kappa shape index (κ2) is 7.50. The van der Waals surface area contributed by atoms with Crippen molar-refractivity contribution in [2.45, 2.75) is 19.4 Å². The van der Waals surface area contributed by atoms with Gasteiger partial charge in [0, 0.05) is 16.3 Å². The first kappa shape index (κ1) is 19.4. The highest BCUT2D eigenvalue weighted by Crippen LogP contribution is 2.38. The molecule has 0 spiro atoms. The maximum Gasteiger partial charge on any atom is 0.251 e. The number of nitrogens with zero attached hydrogens (tertiary/aromatic N) is 2. The van der Waals surface area contributed by atoms with Gasteiger partial charge in [0.25, 0.3) is 5.91 Å². The van der Waals surface area contributed by atoms with Crippen LogP contribution in [-0.4, -0.2) is 21.6 Å². The maximum absolute atomic E-state index is 13.3. The van der Waals surface area contributed by atoms with Crippen molar-refractivity contribution < 1.29 is 14.0 Å². The third kappa shape index (κ3) is 3.71. The van der Waals surface area contributed by atoms with Crippen molar-refractivity contribution in [3.63, 3.8) is 0 Å². The van der Waals surface area contributed by atoms with E-state index in [9.17, 15) is 14.0 Å². The monoisotopic (exact) mass is 432 g/mol. The van der Waals surface area contributed by atoms with Crippen molar-refractivity contribution in [3.8, 4) is 11.1 Å². The van der Waals surface area contributed by atoms with Crippen LogP contribution in [0.1, 0.15) is 18.2 Å². The number of nitrogens with one attached hydrogen (secondary N) is 2.